The van der Waals surface area contributed by atoms with Crippen molar-refractivity contribution in [3.8, 4) is 11.1 Å². The smallest absolute Gasteiger partial charge is 0.142 e. The van der Waals surface area contributed by atoms with Gasteiger partial charge in [-0.1, -0.05) is 58.2 Å². The summed E-state index contributed by atoms with van der Waals surface area (Å²) in [6.45, 7) is 2.09. The van der Waals surface area contributed by atoms with E-state index in [1.165, 1.54) is 0 Å². The normalized spacial score (nSPS) is 10.7. The van der Waals surface area contributed by atoms with E-state index in [4.69, 9.17) is 23.2 Å². The standard InChI is InChI=1S/C13H11BrCl2N2S/c1-2-19-7-10-17-12(15)11(13(16)18-10)8-3-5-9(14)6-4-8/h3-6H,2,7H2,1H3. The summed E-state index contributed by atoms with van der Waals surface area (Å²) in [4.78, 5) is 8.62. The van der Waals surface area contributed by atoms with Gasteiger partial charge in [-0.2, -0.15) is 11.8 Å². The molecular weight excluding hydrogens is 367 g/mol. The average molecular weight is 378 g/mol. The molecule has 19 heavy (non-hydrogen) atoms. The topological polar surface area (TPSA) is 25.8 Å². The fourth-order valence-corrected chi connectivity index (χ4v) is 2.98. The van der Waals surface area contributed by atoms with Crippen molar-refractivity contribution in [1.82, 2.24) is 9.97 Å². The molecule has 0 aliphatic heterocycles. The molecule has 2 nitrogen and oxygen atoms in total. The lowest BCUT2D eigenvalue weighted by Gasteiger charge is -2.08. The lowest BCUT2D eigenvalue weighted by Crippen LogP contribution is -1.97. The Kier molecular flexibility index (Phi) is 5.51. The monoisotopic (exact) mass is 376 g/mol. The zero-order valence-corrected chi connectivity index (χ0v) is 14.1. The van der Waals surface area contributed by atoms with E-state index < -0.39 is 0 Å². The summed E-state index contributed by atoms with van der Waals surface area (Å²) in [5.41, 5.74) is 1.59. The molecule has 2 aromatic rings. The molecule has 1 aromatic heterocycles. The van der Waals surface area contributed by atoms with Crippen LogP contribution in [0.1, 0.15) is 12.7 Å². The molecule has 0 fully saturated rings. The fourth-order valence-electron chi connectivity index (χ4n) is 1.56. The molecule has 0 saturated heterocycles. The molecule has 0 spiro atoms. The lowest BCUT2D eigenvalue weighted by atomic mass is 10.1. The van der Waals surface area contributed by atoms with Crippen LogP contribution in [-0.4, -0.2) is 15.7 Å². The number of hydrogen-bond donors (Lipinski definition) is 0. The molecule has 0 saturated carbocycles. The maximum Gasteiger partial charge on any atom is 0.142 e. The van der Waals surface area contributed by atoms with Crippen LogP contribution in [0.4, 0.5) is 0 Å². The highest BCUT2D eigenvalue weighted by Crippen LogP contribution is 2.33. The van der Waals surface area contributed by atoms with Gasteiger partial charge in [0.25, 0.3) is 0 Å². The molecule has 2 rings (SSSR count). The summed E-state index contributed by atoms with van der Waals surface area (Å²) in [5.74, 6) is 2.39. The Morgan fingerprint density at radius 2 is 1.68 bits per heavy atom. The minimum atomic E-state index is 0.397. The second kappa shape index (κ2) is 6.93. The van der Waals surface area contributed by atoms with Gasteiger partial charge in [-0.3, -0.25) is 0 Å². The number of halogens is 3. The van der Waals surface area contributed by atoms with Gasteiger partial charge in [-0.15, -0.1) is 0 Å². The van der Waals surface area contributed by atoms with E-state index in [0.717, 1.165) is 21.5 Å². The van der Waals surface area contributed by atoms with Crippen molar-refractivity contribution in [3.63, 3.8) is 0 Å². The Hall–Kier alpha value is -0.290. The summed E-state index contributed by atoms with van der Waals surface area (Å²) in [5, 5.41) is 0.794. The third-order valence-electron chi connectivity index (χ3n) is 2.44. The van der Waals surface area contributed by atoms with Gasteiger partial charge < -0.3 is 0 Å². The van der Waals surface area contributed by atoms with Crippen LogP contribution < -0.4 is 0 Å². The summed E-state index contributed by atoms with van der Waals surface area (Å²) in [7, 11) is 0. The van der Waals surface area contributed by atoms with Gasteiger partial charge >= 0.3 is 0 Å². The molecule has 0 N–H and O–H groups in total. The number of hydrogen-bond acceptors (Lipinski definition) is 3. The highest BCUT2D eigenvalue weighted by Gasteiger charge is 2.13. The predicted octanol–water partition coefficient (Wildman–Crippen LogP) is 5.47. The maximum atomic E-state index is 6.23. The first kappa shape index (κ1) is 15.1. The molecule has 100 valence electrons. The molecule has 0 atom stereocenters. The summed E-state index contributed by atoms with van der Waals surface area (Å²) < 4.78 is 1.00. The van der Waals surface area contributed by atoms with Crippen LogP contribution in [0.15, 0.2) is 28.7 Å². The third kappa shape index (κ3) is 3.85. The van der Waals surface area contributed by atoms with Crippen LogP contribution in [0.3, 0.4) is 0 Å². The van der Waals surface area contributed by atoms with Crippen molar-refractivity contribution in [2.75, 3.05) is 5.75 Å². The Balaban J connectivity index is 2.38. The van der Waals surface area contributed by atoms with Crippen molar-refractivity contribution in [2.24, 2.45) is 0 Å². The van der Waals surface area contributed by atoms with E-state index in [-0.39, 0.29) is 0 Å². The van der Waals surface area contributed by atoms with Gasteiger partial charge in [-0.05, 0) is 23.4 Å². The van der Waals surface area contributed by atoms with Crippen molar-refractivity contribution in [2.45, 2.75) is 12.7 Å². The molecule has 0 amide bonds. The first-order chi connectivity index (χ1) is 9.11. The second-order valence-electron chi connectivity index (χ2n) is 3.74. The van der Waals surface area contributed by atoms with Gasteiger partial charge in [0, 0.05) is 4.47 Å². The first-order valence-electron chi connectivity index (χ1n) is 5.67. The SMILES string of the molecule is CCSCc1nc(Cl)c(-c2ccc(Br)cc2)c(Cl)n1. The molecule has 1 heterocycles. The van der Waals surface area contributed by atoms with E-state index in [1.54, 1.807) is 11.8 Å². The lowest BCUT2D eigenvalue weighted by molar-refractivity contribution is 1.04. The van der Waals surface area contributed by atoms with Crippen LogP contribution in [-0.2, 0) is 5.75 Å². The number of aromatic nitrogens is 2. The highest BCUT2D eigenvalue weighted by atomic mass is 79.9. The summed E-state index contributed by atoms with van der Waals surface area (Å²) in [6.07, 6.45) is 0. The maximum absolute atomic E-state index is 6.23. The van der Waals surface area contributed by atoms with Crippen LogP contribution in [0.2, 0.25) is 10.3 Å². The Morgan fingerprint density at radius 3 is 2.21 bits per heavy atom. The van der Waals surface area contributed by atoms with Crippen LogP contribution in [0.5, 0.6) is 0 Å². The van der Waals surface area contributed by atoms with Crippen molar-refractivity contribution < 1.29 is 0 Å². The second-order valence-corrected chi connectivity index (χ2v) is 6.65. The van der Waals surface area contributed by atoms with Crippen LogP contribution in [0, 0.1) is 0 Å². The van der Waals surface area contributed by atoms with Gasteiger partial charge in [-0.25, -0.2) is 9.97 Å². The van der Waals surface area contributed by atoms with Gasteiger partial charge in [0.05, 0.1) is 11.3 Å². The molecule has 0 aliphatic carbocycles. The van der Waals surface area contributed by atoms with Gasteiger partial charge in [0.2, 0.25) is 0 Å². The van der Waals surface area contributed by atoms with E-state index in [2.05, 4.69) is 32.8 Å². The quantitative estimate of drug-likeness (QED) is 0.661. The summed E-state index contributed by atoms with van der Waals surface area (Å²) >= 11 is 17.6. The fraction of sp³-hybridized carbons (Fsp3) is 0.231. The zero-order valence-electron chi connectivity index (χ0n) is 10.2. The Morgan fingerprint density at radius 1 is 1.11 bits per heavy atom. The van der Waals surface area contributed by atoms with Crippen molar-refractivity contribution in [1.29, 1.82) is 0 Å². The van der Waals surface area contributed by atoms with E-state index in [0.29, 0.717) is 21.7 Å². The van der Waals surface area contributed by atoms with E-state index in [9.17, 15) is 0 Å². The van der Waals surface area contributed by atoms with Gasteiger partial charge in [0.1, 0.15) is 16.1 Å². The molecule has 0 unspecified atom stereocenters. The molecule has 1 aromatic carbocycles. The number of rotatable bonds is 4. The van der Waals surface area contributed by atoms with E-state index >= 15 is 0 Å². The molecule has 6 heteroatoms. The average Bonchev–Trinajstić information content (AvgIpc) is 2.38. The highest BCUT2D eigenvalue weighted by molar-refractivity contribution is 9.10. The third-order valence-corrected chi connectivity index (χ3v) is 4.38. The van der Waals surface area contributed by atoms with Gasteiger partial charge in [0.15, 0.2) is 0 Å². The van der Waals surface area contributed by atoms with E-state index in [1.807, 2.05) is 24.3 Å². The number of thioether (sulfide) groups is 1. The summed E-state index contributed by atoms with van der Waals surface area (Å²) in [6, 6.07) is 7.73. The minimum Gasteiger partial charge on any atom is -0.220 e. The minimum absolute atomic E-state index is 0.397. The molecular formula is C13H11BrCl2N2S. The zero-order chi connectivity index (χ0) is 13.8. The number of nitrogens with zero attached hydrogens (tertiary/aromatic N) is 2. The van der Waals surface area contributed by atoms with Crippen LogP contribution >= 0.6 is 50.9 Å². The molecule has 0 aliphatic rings. The molecule has 0 bridgehead atoms. The molecule has 0 radical (unpaired) electrons. The van der Waals surface area contributed by atoms with Crippen molar-refractivity contribution >= 4 is 50.9 Å². The number of benzene rings is 1. The largest absolute Gasteiger partial charge is 0.220 e. The first-order valence-corrected chi connectivity index (χ1v) is 8.37. The van der Waals surface area contributed by atoms with Crippen LogP contribution in [0.25, 0.3) is 11.1 Å². The Bertz CT molecular complexity index is 552. The van der Waals surface area contributed by atoms with Crippen molar-refractivity contribution in [3.05, 3.63) is 44.9 Å². The Labute approximate surface area is 135 Å². The predicted molar refractivity (Wildman–Crippen MR) is 87.0 cm³/mol.